The van der Waals surface area contributed by atoms with Gasteiger partial charge < -0.3 is 30.1 Å². The number of aliphatic hydroxyl groups excluding tert-OH is 1. The van der Waals surface area contributed by atoms with Crippen molar-refractivity contribution in [2.24, 2.45) is 0 Å². The molecule has 0 unspecified atom stereocenters. The number of hydrogen-bond donors (Lipinski definition) is 4. The quantitative estimate of drug-likeness (QED) is 0.263. The first-order valence-corrected chi connectivity index (χ1v) is 11.4. The molecule has 2 aromatic heterocycles. The molecule has 4 N–H and O–H groups in total. The van der Waals surface area contributed by atoms with Crippen molar-refractivity contribution in [1.29, 1.82) is 0 Å². The van der Waals surface area contributed by atoms with Gasteiger partial charge in [-0.25, -0.2) is 4.98 Å². The lowest BCUT2D eigenvalue weighted by atomic mass is 10.1. The van der Waals surface area contributed by atoms with Gasteiger partial charge in [0.2, 0.25) is 5.95 Å². The average molecular weight is 463 g/mol. The van der Waals surface area contributed by atoms with Gasteiger partial charge in [0.25, 0.3) is 0 Å². The maximum atomic E-state index is 10.5. The summed E-state index contributed by atoms with van der Waals surface area (Å²) in [7, 11) is 0. The molecular weight excluding hydrogens is 432 g/mol. The zero-order valence-corrected chi connectivity index (χ0v) is 19.4. The molecule has 4 aromatic rings. The van der Waals surface area contributed by atoms with E-state index in [1.54, 1.807) is 30.6 Å². The monoisotopic (exact) mass is 462 g/mol. The van der Waals surface area contributed by atoms with Gasteiger partial charge in [-0.1, -0.05) is 36.4 Å². The fourth-order valence-electron chi connectivity index (χ4n) is 3.76. The zero-order valence-electron chi connectivity index (χ0n) is 19.4. The van der Waals surface area contributed by atoms with E-state index in [1.807, 2.05) is 33.7 Å². The van der Waals surface area contributed by atoms with Crippen molar-refractivity contribution in [3.05, 3.63) is 66.0 Å². The highest BCUT2D eigenvalue weighted by atomic mass is 16.3. The van der Waals surface area contributed by atoms with Crippen LogP contribution >= 0.6 is 0 Å². The predicted molar refractivity (Wildman–Crippen MR) is 132 cm³/mol. The van der Waals surface area contributed by atoms with Crippen LogP contribution in [0.5, 0.6) is 11.5 Å². The van der Waals surface area contributed by atoms with Crippen molar-refractivity contribution in [2.45, 2.75) is 39.4 Å². The van der Waals surface area contributed by atoms with Crippen LogP contribution in [0.1, 0.15) is 37.4 Å². The van der Waals surface area contributed by atoms with Gasteiger partial charge in [0, 0.05) is 43.4 Å². The molecule has 0 radical (unpaired) electrons. The Hall–Kier alpha value is -3.85. The molecule has 4 rings (SSSR count). The number of aromatic hydroxyl groups is 2. The highest BCUT2D eigenvalue weighted by molar-refractivity contribution is 5.85. The molecule has 34 heavy (non-hydrogen) atoms. The standard InChI is InChI=1S/C25H30N6O3/c1-17(2)31-16-27-22-23(28-25(29-24(22)31)26-12-7-13-32)30(14-18-8-3-5-10-20(18)33)15-19-9-4-6-11-21(19)34/h3-6,8-11,16-17,32-34H,7,12-15H2,1-2H3,(H,26,28,29). The van der Waals surface area contributed by atoms with Crippen molar-refractivity contribution in [2.75, 3.05) is 23.4 Å². The van der Waals surface area contributed by atoms with E-state index >= 15 is 0 Å². The number of fused-ring (bicyclic) bond motifs is 1. The van der Waals surface area contributed by atoms with E-state index < -0.39 is 0 Å². The first-order valence-electron chi connectivity index (χ1n) is 11.4. The molecule has 9 nitrogen and oxygen atoms in total. The van der Waals surface area contributed by atoms with Gasteiger partial charge in [-0.15, -0.1) is 0 Å². The lowest BCUT2D eigenvalue weighted by molar-refractivity contribution is 0.292. The molecule has 0 amide bonds. The van der Waals surface area contributed by atoms with E-state index in [2.05, 4.69) is 24.1 Å². The van der Waals surface area contributed by atoms with Crippen LogP contribution in [0.4, 0.5) is 11.8 Å². The summed E-state index contributed by atoms with van der Waals surface area (Å²) < 4.78 is 1.98. The number of benzene rings is 2. The number of para-hydroxylation sites is 2. The largest absolute Gasteiger partial charge is 0.508 e. The van der Waals surface area contributed by atoms with Crippen LogP contribution < -0.4 is 10.2 Å². The summed E-state index contributed by atoms with van der Waals surface area (Å²) in [6.45, 7) is 5.40. The van der Waals surface area contributed by atoms with Crippen LogP contribution in [0.15, 0.2) is 54.9 Å². The molecule has 0 aliphatic carbocycles. The molecule has 9 heteroatoms. The summed E-state index contributed by atoms with van der Waals surface area (Å²) in [5, 5.41) is 33.3. The molecule has 2 aromatic carbocycles. The summed E-state index contributed by atoms with van der Waals surface area (Å²) in [4.78, 5) is 16.1. The Morgan fingerprint density at radius 2 is 1.56 bits per heavy atom. The second kappa shape index (κ2) is 10.4. The smallest absolute Gasteiger partial charge is 0.226 e. The van der Waals surface area contributed by atoms with Gasteiger partial charge in [0.15, 0.2) is 17.0 Å². The number of anilines is 2. The normalized spacial score (nSPS) is 11.3. The van der Waals surface area contributed by atoms with Crippen LogP contribution in [0.3, 0.4) is 0 Å². The number of phenolic OH excluding ortho intramolecular Hbond substituents is 2. The third kappa shape index (κ3) is 5.04. The van der Waals surface area contributed by atoms with E-state index in [4.69, 9.17) is 9.97 Å². The summed E-state index contributed by atoms with van der Waals surface area (Å²) in [5.74, 6) is 1.38. The number of hydrogen-bond acceptors (Lipinski definition) is 8. The maximum absolute atomic E-state index is 10.5. The zero-order chi connectivity index (χ0) is 24.1. The highest BCUT2D eigenvalue weighted by Gasteiger charge is 2.22. The van der Waals surface area contributed by atoms with Crippen molar-refractivity contribution >= 4 is 22.9 Å². The molecule has 0 spiro atoms. The molecule has 0 fully saturated rings. The molecule has 0 atom stereocenters. The molecular formula is C25H30N6O3. The first-order chi connectivity index (χ1) is 16.5. The molecule has 0 saturated heterocycles. The first kappa shape index (κ1) is 23.3. The Balaban J connectivity index is 1.84. The van der Waals surface area contributed by atoms with Crippen molar-refractivity contribution in [3.63, 3.8) is 0 Å². The fraction of sp³-hybridized carbons (Fsp3) is 0.320. The van der Waals surface area contributed by atoms with E-state index in [1.165, 1.54) is 0 Å². The summed E-state index contributed by atoms with van der Waals surface area (Å²) in [6, 6.07) is 14.5. The van der Waals surface area contributed by atoms with Crippen LogP contribution in [-0.2, 0) is 13.1 Å². The maximum Gasteiger partial charge on any atom is 0.226 e. The van der Waals surface area contributed by atoms with Gasteiger partial charge in [-0.2, -0.15) is 9.97 Å². The Morgan fingerprint density at radius 1 is 0.941 bits per heavy atom. The van der Waals surface area contributed by atoms with E-state index in [9.17, 15) is 15.3 Å². The average Bonchev–Trinajstić information content (AvgIpc) is 3.25. The molecule has 178 valence electrons. The third-order valence-electron chi connectivity index (χ3n) is 5.58. The van der Waals surface area contributed by atoms with E-state index in [0.717, 1.165) is 11.1 Å². The Kier molecular flexibility index (Phi) is 7.12. The molecule has 0 aliphatic heterocycles. The van der Waals surface area contributed by atoms with Gasteiger partial charge in [-0.05, 0) is 32.4 Å². The van der Waals surface area contributed by atoms with Crippen LogP contribution in [0.2, 0.25) is 0 Å². The van der Waals surface area contributed by atoms with Crippen LogP contribution in [-0.4, -0.2) is 48.0 Å². The number of phenols is 2. The minimum atomic E-state index is 0.0682. The van der Waals surface area contributed by atoms with Crippen LogP contribution in [0.25, 0.3) is 11.2 Å². The second-order valence-corrected chi connectivity index (χ2v) is 8.41. The van der Waals surface area contributed by atoms with Crippen LogP contribution in [0, 0.1) is 0 Å². The van der Waals surface area contributed by atoms with E-state index in [0.29, 0.717) is 49.0 Å². The Labute approximate surface area is 198 Å². The number of nitrogens with zero attached hydrogens (tertiary/aromatic N) is 5. The Bertz CT molecular complexity index is 1210. The summed E-state index contributed by atoms with van der Waals surface area (Å²) in [5.41, 5.74) is 2.77. The van der Waals surface area contributed by atoms with Gasteiger partial charge in [-0.3, -0.25) is 0 Å². The minimum Gasteiger partial charge on any atom is -0.508 e. The molecule has 0 bridgehead atoms. The number of nitrogens with one attached hydrogen (secondary N) is 1. The van der Waals surface area contributed by atoms with E-state index in [-0.39, 0.29) is 24.1 Å². The van der Waals surface area contributed by atoms with Crippen molar-refractivity contribution < 1.29 is 15.3 Å². The third-order valence-corrected chi connectivity index (χ3v) is 5.58. The Morgan fingerprint density at radius 3 is 2.12 bits per heavy atom. The van der Waals surface area contributed by atoms with Gasteiger partial charge in [0.05, 0.1) is 6.33 Å². The lowest BCUT2D eigenvalue weighted by Gasteiger charge is -2.25. The number of imidazole rings is 1. The van der Waals surface area contributed by atoms with Gasteiger partial charge in [0.1, 0.15) is 11.5 Å². The highest BCUT2D eigenvalue weighted by Crippen LogP contribution is 2.31. The predicted octanol–water partition coefficient (Wildman–Crippen LogP) is 3.82. The summed E-state index contributed by atoms with van der Waals surface area (Å²) in [6.07, 6.45) is 2.32. The summed E-state index contributed by atoms with van der Waals surface area (Å²) >= 11 is 0. The molecule has 2 heterocycles. The second-order valence-electron chi connectivity index (χ2n) is 8.41. The number of aliphatic hydroxyl groups is 1. The molecule has 0 saturated carbocycles. The minimum absolute atomic E-state index is 0.0682. The topological polar surface area (TPSA) is 120 Å². The van der Waals surface area contributed by atoms with Crippen molar-refractivity contribution in [3.8, 4) is 11.5 Å². The lowest BCUT2D eigenvalue weighted by Crippen LogP contribution is -2.24. The molecule has 0 aliphatic rings. The van der Waals surface area contributed by atoms with Gasteiger partial charge >= 0.3 is 0 Å². The SMILES string of the molecule is CC(C)n1cnc2c(N(Cc3ccccc3O)Cc3ccccc3O)nc(NCCCO)nc21. The van der Waals surface area contributed by atoms with Crippen molar-refractivity contribution in [1.82, 2.24) is 19.5 Å². The number of rotatable bonds is 10. The number of aromatic nitrogens is 4. The fourth-order valence-corrected chi connectivity index (χ4v) is 3.76.